The first kappa shape index (κ1) is 14.3. The highest BCUT2D eigenvalue weighted by Crippen LogP contribution is 2.22. The zero-order chi connectivity index (χ0) is 14.4. The van der Waals surface area contributed by atoms with Gasteiger partial charge in [0.25, 0.3) is 5.91 Å². The molecule has 0 fully saturated rings. The van der Waals surface area contributed by atoms with Gasteiger partial charge in [0, 0.05) is 18.7 Å². The molecule has 106 valence electrons. The van der Waals surface area contributed by atoms with Crippen LogP contribution in [0.25, 0.3) is 11.3 Å². The van der Waals surface area contributed by atoms with Crippen LogP contribution in [0.3, 0.4) is 0 Å². The quantitative estimate of drug-likeness (QED) is 0.794. The van der Waals surface area contributed by atoms with E-state index in [1.54, 1.807) is 6.07 Å². The summed E-state index contributed by atoms with van der Waals surface area (Å²) in [4.78, 5) is 11.8. The van der Waals surface area contributed by atoms with E-state index in [0.29, 0.717) is 18.1 Å². The monoisotopic (exact) mass is 272 g/mol. The average molecular weight is 272 g/mol. The van der Waals surface area contributed by atoms with Crippen LogP contribution in [0.4, 0.5) is 0 Å². The first-order valence-corrected chi connectivity index (χ1v) is 6.86. The van der Waals surface area contributed by atoms with Crippen molar-refractivity contribution in [3.8, 4) is 11.3 Å². The molecule has 4 nitrogen and oxygen atoms in total. The van der Waals surface area contributed by atoms with Crippen LogP contribution in [0.2, 0.25) is 0 Å². The molecule has 2 N–H and O–H groups in total. The van der Waals surface area contributed by atoms with Gasteiger partial charge in [-0.05, 0) is 31.2 Å². The van der Waals surface area contributed by atoms with E-state index in [1.807, 2.05) is 25.2 Å². The number of furan rings is 1. The van der Waals surface area contributed by atoms with E-state index in [2.05, 4.69) is 29.7 Å². The van der Waals surface area contributed by atoms with Crippen LogP contribution in [0.1, 0.15) is 23.0 Å². The summed E-state index contributed by atoms with van der Waals surface area (Å²) < 4.78 is 5.60. The fourth-order valence-corrected chi connectivity index (χ4v) is 1.91. The highest BCUT2D eigenvalue weighted by atomic mass is 16.3. The maximum Gasteiger partial charge on any atom is 0.287 e. The molecule has 0 saturated carbocycles. The molecule has 1 aromatic heterocycles. The molecule has 2 rings (SSSR count). The zero-order valence-electron chi connectivity index (χ0n) is 11.9. The number of hydrogen-bond acceptors (Lipinski definition) is 3. The van der Waals surface area contributed by atoms with Gasteiger partial charge in [0.1, 0.15) is 5.76 Å². The molecular weight excluding hydrogens is 252 g/mol. The van der Waals surface area contributed by atoms with Crippen molar-refractivity contribution in [1.82, 2.24) is 10.6 Å². The number of amides is 1. The average Bonchev–Trinajstić information content (AvgIpc) is 2.97. The van der Waals surface area contributed by atoms with Crippen molar-refractivity contribution < 1.29 is 9.21 Å². The van der Waals surface area contributed by atoms with Crippen molar-refractivity contribution >= 4 is 5.91 Å². The Morgan fingerprint density at radius 2 is 1.85 bits per heavy atom. The third-order valence-electron chi connectivity index (χ3n) is 3.14. The minimum absolute atomic E-state index is 0.184. The molecule has 0 spiro atoms. The molecule has 0 aliphatic heterocycles. The summed E-state index contributed by atoms with van der Waals surface area (Å²) in [5, 5.41) is 5.76. The van der Waals surface area contributed by atoms with Gasteiger partial charge in [-0.15, -0.1) is 0 Å². The van der Waals surface area contributed by atoms with Crippen molar-refractivity contribution in [2.75, 3.05) is 20.1 Å². The molecular formula is C16H20N2O2. The third-order valence-corrected chi connectivity index (χ3v) is 3.14. The number of benzene rings is 1. The Hall–Kier alpha value is -2.07. The molecule has 2 aromatic rings. The minimum Gasteiger partial charge on any atom is -0.451 e. The van der Waals surface area contributed by atoms with Crippen LogP contribution in [-0.4, -0.2) is 26.0 Å². The van der Waals surface area contributed by atoms with Crippen LogP contribution in [0, 0.1) is 0 Å². The molecule has 1 aromatic carbocycles. The molecule has 0 aliphatic rings. The van der Waals surface area contributed by atoms with E-state index in [1.165, 1.54) is 5.56 Å². The highest BCUT2D eigenvalue weighted by molar-refractivity contribution is 5.92. The Bertz CT molecular complexity index is 558. The lowest BCUT2D eigenvalue weighted by atomic mass is 10.1. The van der Waals surface area contributed by atoms with Crippen molar-refractivity contribution in [1.29, 1.82) is 0 Å². The molecule has 4 heteroatoms. The summed E-state index contributed by atoms with van der Waals surface area (Å²) >= 11 is 0. The van der Waals surface area contributed by atoms with Gasteiger partial charge in [0.15, 0.2) is 5.76 Å². The van der Waals surface area contributed by atoms with E-state index >= 15 is 0 Å². The van der Waals surface area contributed by atoms with Crippen LogP contribution in [0.5, 0.6) is 0 Å². The molecule has 20 heavy (non-hydrogen) atoms. The maximum atomic E-state index is 11.8. The number of aryl methyl sites for hydroxylation is 1. The second kappa shape index (κ2) is 6.91. The fraction of sp³-hybridized carbons (Fsp3) is 0.312. The molecule has 1 heterocycles. The van der Waals surface area contributed by atoms with Gasteiger partial charge >= 0.3 is 0 Å². The Kier molecular flexibility index (Phi) is 4.96. The molecule has 0 radical (unpaired) electrons. The van der Waals surface area contributed by atoms with Gasteiger partial charge in [-0.3, -0.25) is 4.79 Å². The normalized spacial score (nSPS) is 10.5. The second-order valence-corrected chi connectivity index (χ2v) is 4.57. The number of hydrogen-bond donors (Lipinski definition) is 2. The summed E-state index contributed by atoms with van der Waals surface area (Å²) in [7, 11) is 1.84. The van der Waals surface area contributed by atoms with Crippen LogP contribution in [-0.2, 0) is 6.42 Å². The first-order valence-electron chi connectivity index (χ1n) is 6.86. The van der Waals surface area contributed by atoms with E-state index < -0.39 is 0 Å². The number of carbonyl (C=O) groups excluding carboxylic acids is 1. The van der Waals surface area contributed by atoms with E-state index in [4.69, 9.17) is 4.42 Å². The van der Waals surface area contributed by atoms with Gasteiger partial charge < -0.3 is 15.1 Å². The zero-order valence-corrected chi connectivity index (χ0v) is 11.9. The summed E-state index contributed by atoms with van der Waals surface area (Å²) in [5.41, 5.74) is 2.27. The summed E-state index contributed by atoms with van der Waals surface area (Å²) in [5.74, 6) is 0.874. The number of nitrogens with one attached hydrogen (secondary N) is 2. The third kappa shape index (κ3) is 3.48. The number of carbonyl (C=O) groups is 1. The molecule has 0 bridgehead atoms. The minimum atomic E-state index is -0.184. The Morgan fingerprint density at radius 3 is 2.50 bits per heavy atom. The van der Waals surface area contributed by atoms with Gasteiger partial charge in [-0.25, -0.2) is 0 Å². The number of likely N-dealkylation sites (N-methyl/N-ethyl adjacent to an activating group) is 1. The van der Waals surface area contributed by atoms with Gasteiger partial charge in [-0.2, -0.15) is 0 Å². The Balaban J connectivity index is 2.05. The van der Waals surface area contributed by atoms with Crippen molar-refractivity contribution in [2.45, 2.75) is 13.3 Å². The van der Waals surface area contributed by atoms with Gasteiger partial charge in [0.2, 0.25) is 0 Å². The molecule has 0 aliphatic carbocycles. The predicted octanol–water partition coefficient (Wildman–Crippen LogP) is 2.46. The van der Waals surface area contributed by atoms with E-state index in [-0.39, 0.29) is 5.91 Å². The lowest BCUT2D eigenvalue weighted by Gasteiger charge is -2.02. The lowest BCUT2D eigenvalue weighted by molar-refractivity contribution is 0.0927. The predicted molar refractivity (Wildman–Crippen MR) is 79.8 cm³/mol. The number of rotatable bonds is 6. The summed E-state index contributed by atoms with van der Waals surface area (Å²) in [6.07, 6.45) is 1.01. The summed E-state index contributed by atoms with van der Waals surface area (Å²) in [6, 6.07) is 11.7. The lowest BCUT2D eigenvalue weighted by Crippen LogP contribution is -2.30. The van der Waals surface area contributed by atoms with Crippen molar-refractivity contribution in [2.24, 2.45) is 0 Å². The van der Waals surface area contributed by atoms with Crippen molar-refractivity contribution in [3.05, 3.63) is 47.7 Å². The van der Waals surface area contributed by atoms with E-state index in [0.717, 1.165) is 18.5 Å². The van der Waals surface area contributed by atoms with E-state index in [9.17, 15) is 4.79 Å². The highest BCUT2D eigenvalue weighted by Gasteiger charge is 2.11. The topological polar surface area (TPSA) is 54.3 Å². The SMILES string of the molecule is CCc1ccc(-c2ccc(C(=O)NCCNC)o2)cc1. The maximum absolute atomic E-state index is 11.8. The standard InChI is InChI=1S/C16H20N2O2/c1-3-12-4-6-13(7-5-12)14-8-9-15(20-14)16(19)18-11-10-17-2/h4-9,17H,3,10-11H2,1-2H3,(H,18,19). The van der Waals surface area contributed by atoms with Gasteiger partial charge in [-0.1, -0.05) is 31.2 Å². The van der Waals surface area contributed by atoms with Gasteiger partial charge in [0.05, 0.1) is 0 Å². The van der Waals surface area contributed by atoms with Crippen LogP contribution < -0.4 is 10.6 Å². The Labute approximate surface area is 119 Å². The molecule has 0 saturated heterocycles. The second-order valence-electron chi connectivity index (χ2n) is 4.57. The molecule has 0 atom stereocenters. The molecule has 0 unspecified atom stereocenters. The van der Waals surface area contributed by atoms with Crippen LogP contribution >= 0.6 is 0 Å². The Morgan fingerprint density at radius 1 is 1.10 bits per heavy atom. The first-order chi connectivity index (χ1) is 9.74. The summed E-state index contributed by atoms with van der Waals surface area (Å²) in [6.45, 7) is 3.43. The van der Waals surface area contributed by atoms with Crippen molar-refractivity contribution in [3.63, 3.8) is 0 Å². The van der Waals surface area contributed by atoms with Crippen LogP contribution in [0.15, 0.2) is 40.8 Å². The fourth-order valence-electron chi connectivity index (χ4n) is 1.91. The largest absolute Gasteiger partial charge is 0.451 e. The molecule has 1 amide bonds. The smallest absolute Gasteiger partial charge is 0.287 e.